The molecule has 5 nitrogen and oxygen atoms in total. The zero-order valence-corrected chi connectivity index (χ0v) is 14.4. The molecule has 1 atom stereocenters. The molecule has 0 aromatic heterocycles. The number of nitrogens with zero attached hydrogens (tertiary/aromatic N) is 2. The fraction of sp³-hybridized carbons (Fsp3) is 0.588. The van der Waals surface area contributed by atoms with Gasteiger partial charge in [-0.15, -0.1) is 0 Å². The second-order valence-corrected chi connectivity index (χ2v) is 8.65. The molecule has 2 heterocycles. The van der Waals surface area contributed by atoms with E-state index in [1.807, 2.05) is 4.90 Å². The maximum atomic E-state index is 12.6. The van der Waals surface area contributed by atoms with Gasteiger partial charge in [-0.05, 0) is 55.9 Å². The highest BCUT2D eigenvalue weighted by Crippen LogP contribution is 2.25. The first kappa shape index (κ1) is 16.3. The normalized spacial score (nSPS) is 24.5. The van der Waals surface area contributed by atoms with Crippen molar-refractivity contribution in [1.29, 1.82) is 0 Å². The standard InChI is InChI=1S/C17H24N2O3S/c1-14-5-4-10-18(13-14)17(20)15-6-8-16(9-7-15)19-11-2-3-12-23(19,21)22/h6-9,14H,2-5,10-13H2,1H3/t14-/m1/s1. The number of carbonyl (C=O) groups excluding carboxylic acids is 1. The second kappa shape index (κ2) is 6.51. The lowest BCUT2D eigenvalue weighted by atomic mass is 9.99. The number of anilines is 1. The predicted molar refractivity (Wildman–Crippen MR) is 91.1 cm³/mol. The molecule has 2 aliphatic heterocycles. The van der Waals surface area contributed by atoms with Crippen molar-refractivity contribution in [2.75, 3.05) is 29.7 Å². The van der Waals surface area contributed by atoms with Crippen LogP contribution in [0.2, 0.25) is 0 Å². The zero-order chi connectivity index (χ0) is 16.4. The average molecular weight is 336 g/mol. The van der Waals surface area contributed by atoms with Gasteiger partial charge in [0, 0.05) is 25.2 Å². The quantitative estimate of drug-likeness (QED) is 0.834. The first-order valence-electron chi connectivity index (χ1n) is 8.37. The third-order valence-electron chi connectivity index (χ3n) is 4.70. The number of benzene rings is 1. The molecule has 0 N–H and O–H groups in total. The van der Waals surface area contributed by atoms with Crippen LogP contribution in [0.3, 0.4) is 0 Å². The number of hydrogen-bond acceptors (Lipinski definition) is 3. The van der Waals surface area contributed by atoms with Crippen molar-refractivity contribution < 1.29 is 13.2 Å². The van der Waals surface area contributed by atoms with Crippen LogP contribution in [0.4, 0.5) is 5.69 Å². The SMILES string of the molecule is C[C@@H]1CCCN(C(=O)c2ccc(N3CCCCS3(=O)=O)cc2)C1. The van der Waals surface area contributed by atoms with Gasteiger partial charge in [0.2, 0.25) is 10.0 Å². The fourth-order valence-corrected chi connectivity index (χ4v) is 5.05. The lowest BCUT2D eigenvalue weighted by Crippen LogP contribution is -2.39. The first-order valence-corrected chi connectivity index (χ1v) is 9.98. The molecule has 0 unspecified atom stereocenters. The van der Waals surface area contributed by atoms with Crippen molar-refractivity contribution in [3.8, 4) is 0 Å². The second-order valence-electron chi connectivity index (χ2n) is 6.64. The summed E-state index contributed by atoms with van der Waals surface area (Å²) in [7, 11) is -3.20. The van der Waals surface area contributed by atoms with Crippen LogP contribution in [0.1, 0.15) is 43.0 Å². The highest BCUT2D eigenvalue weighted by molar-refractivity contribution is 7.92. The van der Waals surface area contributed by atoms with Crippen LogP contribution in [0.15, 0.2) is 24.3 Å². The zero-order valence-electron chi connectivity index (χ0n) is 13.6. The highest BCUT2D eigenvalue weighted by Gasteiger charge is 2.26. The van der Waals surface area contributed by atoms with Crippen molar-refractivity contribution in [2.24, 2.45) is 5.92 Å². The van der Waals surface area contributed by atoms with E-state index in [4.69, 9.17) is 0 Å². The summed E-state index contributed by atoms with van der Waals surface area (Å²) in [6, 6.07) is 7.01. The Morgan fingerprint density at radius 2 is 1.83 bits per heavy atom. The molecule has 1 aromatic rings. The van der Waals surface area contributed by atoms with E-state index in [-0.39, 0.29) is 11.7 Å². The molecule has 0 bridgehead atoms. The molecule has 3 rings (SSSR count). The summed E-state index contributed by atoms with van der Waals surface area (Å²) in [6.07, 6.45) is 3.83. The van der Waals surface area contributed by atoms with Gasteiger partial charge in [-0.3, -0.25) is 9.10 Å². The molecule has 0 radical (unpaired) electrons. The summed E-state index contributed by atoms with van der Waals surface area (Å²) in [4.78, 5) is 14.5. The van der Waals surface area contributed by atoms with Gasteiger partial charge in [0.1, 0.15) is 0 Å². The van der Waals surface area contributed by atoms with Gasteiger partial charge < -0.3 is 4.90 Å². The fourth-order valence-electron chi connectivity index (χ4n) is 3.41. The molecule has 2 saturated heterocycles. The topological polar surface area (TPSA) is 57.7 Å². The van der Waals surface area contributed by atoms with Crippen LogP contribution in [0.25, 0.3) is 0 Å². The number of carbonyl (C=O) groups is 1. The monoisotopic (exact) mass is 336 g/mol. The molecule has 2 fully saturated rings. The minimum Gasteiger partial charge on any atom is -0.338 e. The van der Waals surface area contributed by atoms with Crippen LogP contribution < -0.4 is 4.31 Å². The summed E-state index contributed by atoms with van der Waals surface area (Å²) in [5, 5.41) is 0. The van der Waals surface area contributed by atoms with Gasteiger partial charge in [-0.1, -0.05) is 6.92 Å². The third kappa shape index (κ3) is 3.52. The van der Waals surface area contributed by atoms with E-state index in [0.29, 0.717) is 23.7 Å². The van der Waals surface area contributed by atoms with Crippen molar-refractivity contribution in [2.45, 2.75) is 32.6 Å². The van der Waals surface area contributed by atoms with Gasteiger partial charge in [-0.25, -0.2) is 8.42 Å². The molecular weight excluding hydrogens is 312 g/mol. The average Bonchev–Trinajstić information content (AvgIpc) is 2.54. The Morgan fingerprint density at radius 3 is 2.48 bits per heavy atom. The summed E-state index contributed by atoms with van der Waals surface area (Å²) in [5.74, 6) is 0.800. The molecule has 0 aliphatic carbocycles. The van der Waals surface area contributed by atoms with E-state index in [9.17, 15) is 13.2 Å². The summed E-state index contributed by atoms with van der Waals surface area (Å²) in [6.45, 7) is 4.32. The minimum atomic E-state index is -3.20. The Labute approximate surface area is 138 Å². The first-order chi connectivity index (χ1) is 11.0. The van der Waals surface area contributed by atoms with E-state index in [2.05, 4.69) is 6.92 Å². The Hall–Kier alpha value is -1.56. The number of likely N-dealkylation sites (tertiary alicyclic amines) is 1. The Morgan fingerprint density at radius 1 is 1.09 bits per heavy atom. The molecular formula is C17H24N2O3S. The third-order valence-corrected chi connectivity index (χ3v) is 6.57. The largest absolute Gasteiger partial charge is 0.338 e. The maximum Gasteiger partial charge on any atom is 0.253 e. The van der Waals surface area contributed by atoms with Crippen LogP contribution >= 0.6 is 0 Å². The van der Waals surface area contributed by atoms with Gasteiger partial charge >= 0.3 is 0 Å². The van der Waals surface area contributed by atoms with Crippen molar-refractivity contribution >= 4 is 21.6 Å². The Kier molecular flexibility index (Phi) is 4.62. The highest BCUT2D eigenvalue weighted by atomic mass is 32.2. The number of rotatable bonds is 2. The van der Waals surface area contributed by atoms with Crippen molar-refractivity contribution in [3.05, 3.63) is 29.8 Å². The maximum absolute atomic E-state index is 12.6. The molecule has 23 heavy (non-hydrogen) atoms. The van der Waals surface area contributed by atoms with Gasteiger partial charge in [0.15, 0.2) is 0 Å². The molecule has 0 spiro atoms. The van der Waals surface area contributed by atoms with Crippen molar-refractivity contribution in [3.63, 3.8) is 0 Å². The van der Waals surface area contributed by atoms with Crippen LogP contribution in [0.5, 0.6) is 0 Å². The number of amides is 1. The summed E-state index contributed by atoms with van der Waals surface area (Å²) in [5.41, 5.74) is 1.30. The predicted octanol–water partition coefficient (Wildman–Crippen LogP) is 2.49. The van der Waals surface area contributed by atoms with E-state index < -0.39 is 10.0 Å². The summed E-state index contributed by atoms with van der Waals surface area (Å²) >= 11 is 0. The molecule has 6 heteroatoms. The van der Waals surface area contributed by atoms with E-state index >= 15 is 0 Å². The molecule has 1 amide bonds. The van der Waals surface area contributed by atoms with Gasteiger partial charge in [0.05, 0.1) is 11.4 Å². The van der Waals surface area contributed by atoms with E-state index in [1.54, 1.807) is 24.3 Å². The summed E-state index contributed by atoms with van der Waals surface area (Å²) < 4.78 is 25.7. The molecule has 126 valence electrons. The van der Waals surface area contributed by atoms with E-state index in [0.717, 1.165) is 32.4 Å². The number of sulfonamides is 1. The van der Waals surface area contributed by atoms with Gasteiger partial charge in [0.25, 0.3) is 5.91 Å². The Bertz CT molecular complexity index is 670. The molecule has 1 aromatic carbocycles. The van der Waals surface area contributed by atoms with Crippen LogP contribution in [0, 0.1) is 5.92 Å². The minimum absolute atomic E-state index is 0.0459. The molecule has 2 aliphatic rings. The van der Waals surface area contributed by atoms with Crippen LogP contribution in [-0.4, -0.2) is 44.6 Å². The van der Waals surface area contributed by atoms with Crippen LogP contribution in [-0.2, 0) is 10.0 Å². The number of piperidine rings is 1. The lowest BCUT2D eigenvalue weighted by molar-refractivity contribution is 0.0683. The number of hydrogen-bond donors (Lipinski definition) is 0. The van der Waals surface area contributed by atoms with E-state index in [1.165, 1.54) is 10.7 Å². The lowest BCUT2D eigenvalue weighted by Gasteiger charge is -2.31. The Balaban J connectivity index is 1.75. The van der Waals surface area contributed by atoms with Gasteiger partial charge in [-0.2, -0.15) is 0 Å². The van der Waals surface area contributed by atoms with Crippen molar-refractivity contribution in [1.82, 2.24) is 4.90 Å². The molecule has 0 saturated carbocycles. The smallest absolute Gasteiger partial charge is 0.253 e.